The fourth-order valence-corrected chi connectivity index (χ4v) is 7.85. The van der Waals surface area contributed by atoms with Gasteiger partial charge in [-0.05, 0) is 110 Å². The Hall–Kier alpha value is -4.16. The van der Waals surface area contributed by atoms with E-state index < -0.39 is 0 Å². The molecule has 2 aromatic carbocycles. The number of nitrogen functional groups attached to an aromatic ring is 1. The van der Waals surface area contributed by atoms with Gasteiger partial charge in [0.25, 0.3) is 0 Å². The number of nitrogens with one attached hydrogen (secondary N) is 2. The summed E-state index contributed by atoms with van der Waals surface area (Å²) in [5.41, 5.74) is 17.8. The van der Waals surface area contributed by atoms with E-state index in [4.69, 9.17) is 5.73 Å². The smallest absolute Gasteiger partial charge is 0.248 e. The normalized spacial score (nSPS) is 28.2. The lowest BCUT2D eigenvalue weighted by molar-refractivity contribution is 0.210. The lowest BCUT2D eigenvalue weighted by atomic mass is 9.95. The highest BCUT2D eigenvalue weighted by molar-refractivity contribution is 5.97. The number of aromatic nitrogens is 3. The van der Waals surface area contributed by atoms with Crippen LogP contribution in [0.3, 0.4) is 0 Å². The number of hydrogen-bond acceptors (Lipinski definition) is 8. The number of aryl methyl sites for hydroxylation is 3. The zero-order valence-electron chi connectivity index (χ0n) is 23.9. The summed E-state index contributed by atoms with van der Waals surface area (Å²) in [5, 5.41) is 22.1. The molecule has 5 aliphatic rings. The number of allylic oxidation sites excluding steroid dienone is 1. The number of anilines is 3. The first-order valence-electron chi connectivity index (χ1n) is 15.5. The third-order valence-electron chi connectivity index (χ3n) is 10.4. The zero-order chi connectivity index (χ0) is 28.3. The van der Waals surface area contributed by atoms with Crippen molar-refractivity contribution in [3.63, 3.8) is 0 Å². The largest absolute Gasteiger partial charge is 0.368 e. The van der Waals surface area contributed by atoms with Crippen molar-refractivity contribution in [3.8, 4) is 6.07 Å². The van der Waals surface area contributed by atoms with Gasteiger partial charge >= 0.3 is 0 Å². The molecule has 1 saturated heterocycles. The van der Waals surface area contributed by atoms with Crippen molar-refractivity contribution in [1.82, 2.24) is 25.1 Å². The SMILES string of the molecule is N#C[C@H]1CC12CCN([C@@H]1CCc3ccc(Nc4nc(N)n(C5=NNC6C(=C5)CCCc5ccccc56)n4)cc3CC1)C2. The van der Waals surface area contributed by atoms with Crippen LogP contribution in [0.5, 0.6) is 0 Å². The van der Waals surface area contributed by atoms with E-state index >= 15 is 0 Å². The highest BCUT2D eigenvalue weighted by atomic mass is 15.5. The molecule has 0 bridgehead atoms. The number of nitriles is 1. The minimum Gasteiger partial charge on any atom is -0.368 e. The van der Waals surface area contributed by atoms with Crippen molar-refractivity contribution in [2.45, 2.75) is 69.9 Å². The van der Waals surface area contributed by atoms with Crippen molar-refractivity contribution in [2.75, 3.05) is 24.1 Å². The maximum absolute atomic E-state index is 9.38. The third kappa shape index (κ3) is 4.45. The summed E-state index contributed by atoms with van der Waals surface area (Å²) in [6.07, 6.45) is 12.1. The summed E-state index contributed by atoms with van der Waals surface area (Å²) in [6, 6.07) is 18.5. The Labute approximate surface area is 246 Å². The quantitative estimate of drug-likeness (QED) is 0.392. The van der Waals surface area contributed by atoms with E-state index in [1.54, 1.807) is 4.68 Å². The number of nitrogens with zero attached hydrogens (tertiary/aromatic N) is 6. The first-order valence-corrected chi connectivity index (χ1v) is 15.5. The highest BCUT2D eigenvalue weighted by Gasteiger charge is 2.58. The lowest BCUT2D eigenvalue weighted by Gasteiger charge is -2.26. The monoisotopic (exact) mass is 559 g/mol. The first-order chi connectivity index (χ1) is 20.6. The van der Waals surface area contributed by atoms with Crippen LogP contribution in [-0.4, -0.2) is 44.6 Å². The molecule has 3 aromatic rings. The Morgan fingerprint density at radius 1 is 1.05 bits per heavy atom. The van der Waals surface area contributed by atoms with Gasteiger partial charge in [-0.2, -0.15) is 20.0 Å². The molecule has 1 saturated carbocycles. The fraction of sp³-hybridized carbons (Fsp3) is 0.455. The van der Waals surface area contributed by atoms with Crippen LogP contribution in [0, 0.1) is 22.7 Å². The van der Waals surface area contributed by atoms with E-state index in [0.717, 1.165) is 63.7 Å². The zero-order valence-corrected chi connectivity index (χ0v) is 23.9. The second kappa shape index (κ2) is 9.99. The molecular formula is C33H37N9. The van der Waals surface area contributed by atoms with Gasteiger partial charge in [-0.15, -0.1) is 5.10 Å². The highest BCUT2D eigenvalue weighted by Crippen LogP contribution is 2.58. The van der Waals surface area contributed by atoms with Gasteiger partial charge in [0.05, 0.1) is 18.0 Å². The van der Waals surface area contributed by atoms with Gasteiger partial charge < -0.3 is 11.1 Å². The van der Waals surface area contributed by atoms with Gasteiger partial charge in [0.1, 0.15) is 0 Å². The molecule has 214 valence electrons. The average molecular weight is 560 g/mol. The molecule has 0 amide bonds. The minimum atomic E-state index is 0.0868. The maximum atomic E-state index is 9.38. The molecule has 9 nitrogen and oxygen atoms in total. The van der Waals surface area contributed by atoms with Crippen LogP contribution in [-0.2, 0) is 19.3 Å². The molecule has 1 aromatic heterocycles. The van der Waals surface area contributed by atoms with Crippen LogP contribution in [0.25, 0.3) is 0 Å². The maximum Gasteiger partial charge on any atom is 0.248 e. The summed E-state index contributed by atoms with van der Waals surface area (Å²) >= 11 is 0. The van der Waals surface area contributed by atoms with Crippen LogP contribution in [0.15, 0.2) is 59.2 Å². The van der Waals surface area contributed by atoms with Crippen molar-refractivity contribution < 1.29 is 0 Å². The standard InChI is InChI=1S/C33H37N9/c34-19-25-18-33(25)14-15-41(20-33)27-12-9-21-8-11-26(16-23(21)10-13-27)36-32-37-31(35)42(40-32)29-17-24-6-3-5-22-4-1-2-7-28(22)30(24)39-38-29/h1-2,4,7-8,11,16-17,25,27,30,39H,3,5-6,9-10,12-15,18,20H2,(H3,35,36,37,40)/t25-,27-,30?,33?/m1/s1. The van der Waals surface area contributed by atoms with Crippen LogP contribution < -0.4 is 16.5 Å². The number of fused-ring (bicyclic) bond motifs is 4. The summed E-state index contributed by atoms with van der Waals surface area (Å²) in [6.45, 7) is 2.26. The molecule has 4 N–H and O–H groups in total. The lowest BCUT2D eigenvalue weighted by Crippen LogP contribution is -2.34. The molecular weight excluding hydrogens is 522 g/mol. The summed E-state index contributed by atoms with van der Waals surface area (Å²) < 4.78 is 1.61. The molecule has 3 aliphatic carbocycles. The van der Waals surface area contributed by atoms with Gasteiger partial charge in [0.15, 0.2) is 5.84 Å². The van der Waals surface area contributed by atoms with E-state index in [0.29, 0.717) is 29.2 Å². The van der Waals surface area contributed by atoms with Crippen LogP contribution in [0.2, 0.25) is 0 Å². The Morgan fingerprint density at radius 2 is 1.93 bits per heavy atom. The molecule has 0 radical (unpaired) electrons. The fourth-order valence-electron chi connectivity index (χ4n) is 7.85. The Balaban J connectivity index is 0.953. The third-order valence-corrected chi connectivity index (χ3v) is 10.4. The van der Waals surface area contributed by atoms with E-state index in [1.807, 2.05) is 0 Å². The number of nitrogens with two attached hydrogens (primary N) is 1. The number of hydrogen-bond donors (Lipinski definition) is 3. The van der Waals surface area contributed by atoms with Crippen LogP contribution in [0.1, 0.15) is 66.8 Å². The number of hydrazone groups is 1. The molecule has 2 aliphatic heterocycles. The summed E-state index contributed by atoms with van der Waals surface area (Å²) in [5.74, 6) is 1.71. The van der Waals surface area contributed by atoms with Crippen molar-refractivity contribution >= 4 is 23.4 Å². The van der Waals surface area contributed by atoms with Gasteiger partial charge in [-0.3, -0.25) is 10.3 Å². The summed E-state index contributed by atoms with van der Waals surface area (Å²) in [4.78, 5) is 7.19. The predicted molar refractivity (Wildman–Crippen MR) is 163 cm³/mol. The molecule has 2 fully saturated rings. The molecule has 4 atom stereocenters. The Kier molecular flexibility index (Phi) is 6.07. The number of likely N-dealkylation sites (tertiary alicyclic amines) is 1. The second-order valence-corrected chi connectivity index (χ2v) is 12.8. The molecule has 1 spiro atoms. The molecule has 9 heteroatoms. The van der Waals surface area contributed by atoms with Crippen molar-refractivity contribution in [2.24, 2.45) is 16.4 Å². The van der Waals surface area contributed by atoms with E-state index in [-0.39, 0.29) is 12.0 Å². The van der Waals surface area contributed by atoms with Gasteiger partial charge in [-0.25, -0.2) is 0 Å². The number of benzene rings is 2. The van der Waals surface area contributed by atoms with Crippen LogP contribution in [0.4, 0.5) is 17.6 Å². The minimum absolute atomic E-state index is 0.0868. The molecule has 2 unspecified atom stereocenters. The molecule has 42 heavy (non-hydrogen) atoms. The first kappa shape index (κ1) is 25.5. The average Bonchev–Trinajstić information content (AvgIpc) is 3.51. The van der Waals surface area contributed by atoms with E-state index in [9.17, 15) is 5.26 Å². The van der Waals surface area contributed by atoms with Gasteiger partial charge in [-0.1, -0.05) is 30.3 Å². The Bertz CT molecular complexity index is 1650. The van der Waals surface area contributed by atoms with Gasteiger partial charge in [0, 0.05) is 23.7 Å². The Morgan fingerprint density at radius 3 is 2.81 bits per heavy atom. The number of rotatable bonds is 3. The van der Waals surface area contributed by atoms with Crippen molar-refractivity contribution in [3.05, 3.63) is 76.4 Å². The molecule has 3 heterocycles. The van der Waals surface area contributed by atoms with Crippen LogP contribution >= 0.6 is 0 Å². The topological polar surface area (TPSA) is 120 Å². The summed E-state index contributed by atoms with van der Waals surface area (Å²) in [7, 11) is 0. The van der Waals surface area contributed by atoms with Gasteiger partial charge in [0.2, 0.25) is 11.9 Å². The second-order valence-electron chi connectivity index (χ2n) is 12.8. The van der Waals surface area contributed by atoms with E-state index in [2.05, 4.69) is 85.4 Å². The molecule has 8 rings (SSSR count). The van der Waals surface area contributed by atoms with E-state index in [1.165, 1.54) is 40.7 Å². The van der Waals surface area contributed by atoms with Crippen molar-refractivity contribution in [1.29, 1.82) is 5.26 Å². The predicted octanol–water partition coefficient (Wildman–Crippen LogP) is 4.86.